The van der Waals surface area contributed by atoms with Gasteiger partial charge in [0, 0.05) is 34.9 Å². The van der Waals surface area contributed by atoms with Crippen LogP contribution in [0.3, 0.4) is 0 Å². The van der Waals surface area contributed by atoms with Crippen LogP contribution in [0.4, 0.5) is 11.4 Å². The molecular weight excluding hydrogens is 419 g/mol. The van der Waals surface area contributed by atoms with Gasteiger partial charge >= 0.3 is 0 Å². The molecule has 0 saturated heterocycles. The van der Waals surface area contributed by atoms with Crippen LogP contribution in [-0.4, -0.2) is 11.6 Å². The minimum atomic E-state index is -0.270. The van der Waals surface area contributed by atoms with Crippen molar-refractivity contribution in [1.29, 1.82) is 0 Å². The van der Waals surface area contributed by atoms with E-state index in [1.165, 1.54) is 12.4 Å². The van der Waals surface area contributed by atoms with Crippen molar-refractivity contribution >= 4 is 46.1 Å². The first kappa shape index (κ1) is 21.4. The van der Waals surface area contributed by atoms with Gasteiger partial charge in [0.2, 0.25) is 11.6 Å². The normalized spacial score (nSPS) is 11.7. The first-order valence-corrected chi connectivity index (χ1v) is 9.84. The molecular formula is C24H18Cl2N2O2. The third-order valence-corrected chi connectivity index (χ3v) is 4.66. The van der Waals surface area contributed by atoms with Gasteiger partial charge in [0.25, 0.3) is 0 Å². The van der Waals surface area contributed by atoms with Gasteiger partial charge in [-0.05, 0) is 18.2 Å². The van der Waals surface area contributed by atoms with Crippen molar-refractivity contribution in [3.8, 4) is 0 Å². The minimum Gasteiger partial charge on any atom is -0.360 e. The lowest BCUT2D eigenvalue weighted by atomic mass is 10.1. The predicted octanol–water partition coefficient (Wildman–Crippen LogP) is 6.44. The average molecular weight is 437 g/mol. The SMILES string of the molecule is O=C(/C(Cl)=C/Nc1cccc(N/C=C(\Cl)C(=O)c2ccccc2)c1)c1ccccc1. The van der Waals surface area contributed by atoms with E-state index >= 15 is 0 Å². The molecule has 30 heavy (non-hydrogen) atoms. The number of halogens is 2. The molecule has 0 aliphatic heterocycles. The van der Waals surface area contributed by atoms with Gasteiger partial charge in [0.15, 0.2) is 0 Å². The fourth-order valence-corrected chi connectivity index (χ4v) is 2.91. The van der Waals surface area contributed by atoms with Gasteiger partial charge < -0.3 is 10.6 Å². The van der Waals surface area contributed by atoms with Crippen LogP contribution in [0.25, 0.3) is 0 Å². The molecule has 0 bridgehead atoms. The van der Waals surface area contributed by atoms with Crippen LogP contribution in [0.2, 0.25) is 0 Å². The number of benzene rings is 3. The van der Waals surface area contributed by atoms with Crippen molar-refractivity contribution in [1.82, 2.24) is 0 Å². The van der Waals surface area contributed by atoms with E-state index in [0.29, 0.717) is 22.5 Å². The third kappa shape index (κ3) is 5.83. The predicted molar refractivity (Wildman–Crippen MR) is 123 cm³/mol. The number of nitrogens with one attached hydrogen (secondary N) is 2. The Labute approximate surface area is 184 Å². The smallest absolute Gasteiger partial charge is 0.205 e. The first-order valence-electron chi connectivity index (χ1n) is 9.08. The monoisotopic (exact) mass is 436 g/mol. The molecule has 0 radical (unpaired) electrons. The molecule has 0 atom stereocenters. The molecule has 3 aromatic carbocycles. The highest BCUT2D eigenvalue weighted by Crippen LogP contribution is 2.19. The van der Waals surface area contributed by atoms with Crippen molar-refractivity contribution in [2.45, 2.75) is 0 Å². The third-order valence-electron chi connectivity index (χ3n) is 4.10. The van der Waals surface area contributed by atoms with E-state index in [4.69, 9.17) is 23.2 Å². The maximum atomic E-state index is 12.3. The summed E-state index contributed by atoms with van der Waals surface area (Å²) in [4.78, 5) is 24.6. The largest absolute Gasteiger partial charge is 0.360 e. The molecule has 0 amide bonds. The maximum absolute atomic E-state index is 12.3. The number of rotatable bonds is 8. The van der Waals surface area contributed by atoms with E-state index in [2.05, 4.69) is 10.6 Å². The number of hydrogen-bond acceptors (Lipinski definition) is 4. The highest BCUT2D eigenvalue weighted by molar-refractivity contribution is 6.45. The van der Waals surface area contributed by atoms with Crippen molar-refractivity contribution in [2.24, 2.45) is 0 Å². The molecule has 3 aromatic rings. The van der Waals surface area contributed by atoms with E-state index in [-0.39, 0.29) is 21.6 Å². The molecule has 4 nitrogen and oxygen atoms in total. The standard InChI is InChI=1S/C24H18Cl2N2O2/c25-21(23(29)17-8-3-1-4-9-17)15-27-19-12-7-13-20(14-19)28-16-22(26)24(30)18-10-5-2-6-11-18/h1-16,27-28H/b21-15-,22-16-. The lowest BCUT2D eigenvalue weighted by Crippen LogP contribution is -2.02. The summed E-state index contributed by atoms with van der Waals surface area (Å²) in [5.41, 5.74) is 2.44. The van der Waals surface area contributed by atoms with Gasteiger partial charge in [-0.1, -0.05) is 89.9 Å². The summed E-state index contributed by atoms with van der Waals surface area (Å²) in [6, 6.07) is 24.8. The van der Waals surface area contributed by atoms with Gasteiger partial charge in [-0.3, -0.25) is 9.59 Å². The van der Waals surface area contributed by atoms with Crippen LogP contribution in [0.1, 0.15) is 20.7 Å². The van der Waals surface area contributed by atoms with Gasteiger partial charge in [0.1, 0.15) is 10.1 Å². The number of anilines is 2. The van der Waals surface area contributed by atoms with Crippen molar-refractivity contribution in [3.05, 3.63) is 119 Å². The number of ketones is 2. The highest BCUT2D eigenvalue weighted by atomic mass is 35.5. The summed E-state index contributed by atoms with van der Waals surface area (Å²) in [6.07, 6.45) is 2.88. The molecule has 150 valence electrons. The summed E-state index contributed by atoms with van der Waals surface area (Å²) in [5, 5.41) is 6.12. The second kappa shape index (κ2) is 10.4. The molecule has 0 saturated carbocycles. The summed E-state index contributed by atoms with van der Waals surface area (Å²) >= 11 is 12.2. The fourth-order valence-electron chi connectivity index (χ4n) is 2.58. The van der Waals surface area contributed by atoms with E-state index < -0.39 is 0 Å². The highest BCUT2D eigenvalue weighted by Gasteiger charge is 2.10. The van der Waals surface area contributed by atoms with Crippen LogP contribution in [0, 0.1) is 0 Å². The zero-order valence-electron chi connectivity index (χ0n) is 15.8. The Morgan fingerprint density at radius 1 is 0.600 bits per heavy atom. The fraction of sp³-hybridized carbons (Fsp3) is 0. The van der Waals surface area contributed by atoms with Crippen LogP contribution < -0.4 is 10.6 Å². The van der Waals surface area contributed by atoms with Gasteiger partial charge in [-0.2, -0.15) is 0 Å². The van der Waals surface area contributed by atoms with Crippen LogP contribution in [-0.2, 0) is 0 Å². The maximum Gasteiger partial charge on any atom is 0.205 e. The number of carbonyl (C=O) groups excluding carboxylic acids is 2. The van der Waals surface area contributed by atoms with Crippen molar-refractivity contribution < 1.29 is 9.59 Å². The second-order valence-corrected chi connectivity index (χ2v) is 7.06. The summed E-state index contributed by atoms with van der Waals surface area (Å²) in [6.45, 7) is 0. The average Bonchev–Trinajstić information content (AvgIpc) is 2.81. The summed E-state index contributed by atoms with van der Waals surface area (Å²) < 4.78 is 0. The lowest BCUT2D eigenvalue weighted by molar-refractivity contribution is 0.103. The Kier molecular flexibility index (Phi) is 7.44. The van der Waals surface area contributed by atoms with E-state index in [9.17, 15) is 9.59 Å². The molecule has 0 heterocycles. The second-order valence-electron chi connectivity index (χ2n) is 6.24. The molecule has 0 unspecified atom stereocenters. The molecule has 3 rings (SSSR count). The molecule has 0 aliphatic rings. The van der Waals surface area contributed by atoms with E-state index in [1.807, 2.05) is 30.3 Å². The minimum absolute atomic E-state index is 0.0657. The Morgan fingerprint density at radius 3 is 1.40 bits per heavy atom. The molecule has 0 spiro atoms. The summed E-state index contributed by atoms with van der Waals surface area (Å²) in [7, 11) is 0. The zero-order valence-corrected chi connectivity index (χ0v) is 17.3. The van der Waals surface area contributed by atoms with Crippen LogP contribution >= 0.6 is 23.2 Å². The van der Waals surface area contributed by atoms with Gasteiger partial charge in [-0.25, -0.2) is 0 Å². The van der Waals surface area contributed by atoms with E-state index in [0.717, 1.165) is 0 Å². The molecule has 6 heteroatoms. The molecule has 2 N–H and O–H groups in total. The quantitative estimate of drug-likeness (QED) is 0.315. The number of carbonyl (C=O) groups is 2. The van der Waals surface area contributed by atoms with Crippen LogP contribution in [0.15, 0.2) is 107 Å². The molecule has 0 fully saturated rings. The first-order chi connectivity index (χ1) is 14.5. The number of hydrogen-bond donors (Lipinski definition) is 2. The molecule has 0 aliphatic carbocycles. The van der Waals surface area contributed by atoms with Crippen molar-refractivity contribution in [2.75, 3.05) is 10.6 Å². The number of allylic oxidation sites excluding steroid dienone is 2. The Hall–Kier alpha value is -3.34. The van der Waals surface area contributed by atoms with Gasteiger partial charge in [0.05, 0.1) is 0 Å². The molecule has 0 aromatic heterocycles. The Morgan fingerprint density at radius 2 is 1.00 bits per heavy atom. The topological polar surface area (TPSA) is 58.2 Å². The lowest BCUT2D eigenvalue weighted by Gasteiger charge is -2.07. The van der Waals surface area contributed by atoms with Gasteiger partial charge in [-0.15, -0.1) is 0 Å². The van der Waals surface area contributed by atoms with Crippen LogP contribution in [0.5, 0.6) is 0 Å². The summed E-state index contributed by atoms with van der Waals surface area (Å²) in [5.74, 6) is -0.540. The Balaban J connectivity index is 1.64. The number of Topliss-reactive ketones (excluding diaryl/α,β-unsaturated/α-hetero) is 2. The zero-order chi connectivity index (χ0) is 21.3. The van der Waals surface area contributed by atoms with Crippen molar-refractivity contribution in [3.63, 3.8) is 0 Å². The van der Waals surface area contributed by atoms with E-state index in [1.54, 1.807) is 54.6 Å². The Bertz CT molecular complexity index is 1010.